The molecule has 1 aromatic rings. The van der Waals surface area contributed by atoms with Crippen molar-refractivity contribution in [3.63, 3.8) is 0 Å². The molecule has 0 fully saturated rings. The Labute approximate surface area is 118 Å². The number of carbonyl (C=O) groups is 1. The third-order valence-electron chi connectivity index (χ3n) is 2.95. The Bertz CT molecular complexity index is 423. The van der Waals surface area contributed by atoms with Crippen molar-refractivity contribution in [1.29, 1.82) is 0 Å². The molecule has 5 heteroatoms. The van der Waals surface area contributed by atoms with Crippen LogP contribution >= 0.6 is 11.6 Å². The van der Waals surface area contributed by atoms with E-state index in [1.165, 1.54) is 0 Å². The van der Waals surface area contributed by atoms with E-state index in [4.69, 9.17) is 21.4 Å². The standard InChI is InChI=1S/C14H20ClNO3/c1-3-11(6-7-17)16-14(18)8-10-4-5-12(19-2)9-13(10)15/h4-5,9,11,17H,3,6-8H2,1-2H3,(H,16,18). The average molecular weight is 286 g/mol. The van der Waals surface area contributed by atoms with Gasteiger partial charge in [-0.15, -0.1) is 0 Å². The van der Waals surface area contributed by atoms with Gasteiger partial charge in [0.1, 0.15) is 5.75 Å². The fourth-order valence-corrected chi connectivity index (χ4v) is 2.02. The number of aliphatic hydroxyl groups is 1. The van der Waals surface area contributed by atoms with Crippen LogP contribution in [0.5, 0.6) is 5.75 Å². The number of methoxy groups -OCH3 is 1. The Balaban J connectivity index is 2.61. The summed E-state index contributed by atoms with van der Waals surface area (Å²) in [5.74, 6) is 0.577. The first-order chi connectivity index (χ1) is 9.10. The van der Waals surface area contributed by atoms with E-state index >= 15 is 0 Å². The van der Waals surface area contributed by atoms with Crippen molar-refractivity contribution in [3.05, 3.63) is 28.8 Å². The van der Waals surface area contributed by atoms with Crippen molar-refractivity contribution in [2.75, 3.05) is 13.7 Å². The highest BCUT2D eigenvalue weighted by atomic mass is 35.5. The lowest BCUT2D eigenvalue weighted by Gasteiger charge is -2.16. The normalized spacial score (nSPS) is 12.0. The number of rotatable bonds is 7. The largest absolute Gasteiger partial charge is 0.497 e. The minimum Gasteiger partial charge on any atom is -0.497 e. The Morgan fingerprint density at radius 3 is 2.79 bits per heavy atom. The lowest BCUT2D eigenvalue weighted by molar-refractivity contribution is -0.121. The quantitative estimate of drug-likeness (QED) is 0.807. The molecule has 4 nitrogen and oxygen atoms in total. The lowest BCUT2D eigenvalue weighted by Crippen LogP contribution is -2.36. The van der Waals surface area contributed by atoms with E-state index in [2.05, 4.69) is 5.32 Å². The first kappa shape index (κ1) is 15.8. The van der Waals surface area contributed by atoms with Crippen molar-refractivity contribution >= 4 is 17.5 Å². The molecule has 0 aliphatic carbocycles. The lowest BCUT2D eigenvalue weighted by atomic mass is 10.1. The van der Waals surface area contributed by atoms with Crippen molar-refractivity contribution < 1.29 is 14.6 Å². The summed E-state index contributed by atoms with van der Waals surface area (Å²) in [6.07, 6.45) is 1.59. The molecule has 0 aliphatic heterocycles. The van der Waals surface area contributed by atoms with E-state index in [1.54, 1.807) is 25.3 Å². The molecule has 19 heavy (non-hydrogen) atoms. The molecule has 1 aromatic carbocycles. The summed E-state index contributed by atoms with van der Waals surface area (Å²) >= 11 is 6.08. The van der Waals surface area contributed by atoms with Gasteiger partial charge < -0.3 is 15.2 Å². The van der Waals surface area contributed by atoms with Gasteiger partial charge in [0, 0.05) is 17.7 Å². The number of amides is 1. The number of ether oxygens (including phenoxy) is 1. The second-order valence-electron chi connectivity index (χ2n) is 4.32. The molecule has 1 atom stereocenters. The first-order valence-corrected chi connectivity index (χ1v) is 6.71. The SMILES string of the molecule is CCC(CCO)NC(=O)Cc1ccc(OC)cc1Cl. The predicted octanol–water partition coefficient (Wildman–Crippen LogP) is 2.17. The topological polar surface area (TPSA) is 58.6 Å². The van der Waals surface area contributed by atoms with Crippen LogP contribution in [-0.2, 0) is 11.2 Å². The van der Waals surface area contributed by atoms with E-state index in [9.17, 15) is 4.79 Å². The summed E-state index contributed by atoms with van der Waals surface area (Å²) in [6.45, 7) is 2.04. The molecule has 0 aliphatic rings. The van der Waals surface area contributed by atoms with Gasteiger partial charge in [-0.05, 0) is 30.5 Å². The van der Waals surface area contributed by atoms with Crippen LogP contribution < -0.4 is 10.1 Å². The summed E-state index contributed by atoms with van der Waals surface area (Å²) in [6, 6.07) is 5.26. The maximum absolute atomic E-state index is 11.9. The highest BCUT2D eigenvalue weighted by Gasteiger charge is 2.12. The minimum absolute atomic E-state index is 0.00882. The van der Waals surface area contributed by atoms with Crippen molar-refractivity contribution in [3.8, 4) is 5.75 Å². The van der Waals surface area contributed by atoms with E-state index in [1.807, 2.05) is 6.92 Å². The third kappa shape index (κ3) is 5.09. The average Bonchev–Trinajstić information content (AvgIpc) is 2.40. The predicted molar refractivity (Wildman–Crippen MR) is 75.6 cm³/mol. The molecule has 0 aromatic heterocycles. The van der Waals surface area contributed by atoms with Gasteiger partial charge in [0.15, 0.2) is 0 Å². The number of carbonyl (C=O) groups excluding carboxylic acids is 1. The van der Waals surface area contributed by atoms with Crippen LogP contribution in [0, 0.1) is 0 Å². The van der Waals surface area contributed by atoms with Crippen molar-refractivity contribution in [1.82, 2.24) is 5.32 Å². The minimum atomic E-state index is -0.0904. The number of nitrogens with one attached hydrogen (secondary N) is 1. The molecule has 2 N–H and O–H groups in total. The highest BCUT2D eigenvalue weighted by Crippen LogP contribution is 2.22. The van der Waals surface area contributed by atoms with E-state index in [0.717, 1.165) is 12.0 Å². The second kappa shape index (κ2) is 8.02. The Morgan fingerprint density at radius 1 is 1.53 bits per heavy atom. The van der Waals surface area contributed by atoms with Gasteiger partial charge in [-0.2, -0.15) is 0 Å². The molecule has 0 saturated carbocycles. The molecule has 0 bridgehead atoms. The molecular formula is C14H20ClNO3. The fourth-order valence-electron chi connectivity index (χ4n) is 1.78. The van der Waals surface area contributed by atoms with E-state index < -0.39 is 0 Å². The Hall–Kier alpha value is -1.26. The summed E-state index contributed by atoms with van der Waals surface area (Å²) in [7, 11) is 1.57. The van der Waals surface area contributed by atoms with Crippen LogP contribution in [0.2, 0.25) is 5.02 Å². The van der Waals surface area contributed by atoms with E-state index in [-0.39, 0.29) is 25.0 Å². The molecule has 106 valence electrons. The molecule has 1 unspecified atom stereocenters. The summed E-state index contributed by atoms with van der Waals surface area (Å²) in [4.78, 5) is 11.9. The molecule has 1 rings (SSSR count). The zero-order chi connectivity index (χ0) is 14.3. The van der Waals surface area contributed by atoms with Crippen LogP contribution in [0.15, 0.2) is 18.2 Å². The Kier molecular flexibility index (Phi) is 6.67. The number of halogens is 1. The first-order valence-electron chi connectivity index (χ1n) is 6.33. The third-order valence-corrected chi connectivity index (χ3v) is 3.30. The van der Waals surface area contributed by atoms with Crippen molar-refractivity contribution in [2.24, 2.45) is 0 Å². The summed E-state index contributed by atoms with van der Waals surface area (Å²) in [5.41, 5.74) is 0.763. The van der Waals surface area contributed by atoms with Crippen LogP contribution in [0.4, 0.5) is 0 Å². The van der Waals surface area contributed by atoms with Crippen molar-refractivity contribution in [2.45, 2.75) is 32.2 Å². The van der Waals surface area contributed by atoms with Crippen LogP contribution in [0.25, 0.3) is 0 Å². The molecule has 0 heterocycles. The van der Waals surface area contributed by atoms with Gasteiger partial charge in [0.2, 0.25) is 5.91 Å². The summed E-state index contributed by atoms with van der Waals surface area (Å²) in [5, 5.41) is 12.3. The number of hydrogen-bond acceptors (Lipinski definition) is 3. The van der Waals surface area contributed by atoms with Gasteiger partial charge in [-0.25, -0.2) is 0 Å². The van der Waals surface area contributed by atoms with Gasteiger partial charge >= 0.3 is 0 Å². The molecule has 0 radical (unpaired) electrons. The maximum Gasteiger partial charge on any atom is 0.224 e. The maximum atomic E-state index is 11.9. The number of aliphatic hydroxyl groups excluding tert-OH is 1. The molecule has 0 spiro atoms. The zero-order valence-corrected chi connectivity index (χ0v) is 12.0. The molecular weight excluding hydrogens is 266 g/mol. The van der Waals surface area contributed by atoms with Gasteiger partial charge in [-0.3, -0.25) is 4.79 Å². The van der Waals surface area contributed by atoms with Gasteiger partial charge in [-0.1, -0.05) is 24.6 Å². The van der Waals surface area contributed by atoms with Gasteiger partial charge in [0.25, 0.3) is 0 Å². The summed E-state index contributed by atoms with van der Waals surface area (Å²) < 4.78 is 5.06. The van der Waals surface area contributed by atoms with Crippen LogP contribution in [0.1, 0.15) is 25.3 Å². The van der Waals surface area contributed by atoms with Crippen LogP contribution in [-0.4, -0.2) is 30.8 Å². The smallest absolute Gasteiger partial charge is 0.224 e. The van der Waals surface area contributed by atoms with Gasteiger partial charge in [0.05, 0.1) is 13.5 Å². The number of hydrogen-bond donors (Lipinski definition) is 2. The van der Waals surface area contributed by atoms with Crippen LogP contribution in [0.3, 0.4) is 0 Å². The monoisotopic (exact) mass is 285 g/mol. The number of benzene rings is 1. The fraction of sp³-hybridized carbons (Fsp3) is 0.500. The zero-order valence-electron chi connectivity index (χ0n) is 11.3. The second-order valence-corrected chi connectivity index (χ2v) is 4.73. The Morgan fingerprint density at radius 2 is 2.26 bits per heavy atom. The molecule has 1 amide bonds. The highest BCUT2D eigenvalue weighted by molar-refractivity contribution is 6.31. The molecule has 0 saturated heterocycles. The van der Waals surface area contributed by atoms with E-state index in [0.29, 0.717) is 17.2 Å².